The van der Waals surface area contributed by atoms with E-state index in [2.05, 4.69) is 0 Å². The maximum absolute atomic E-state index is 8.44. The molecule has 19 heteroatoms. The average Bonchev–Trinajstić information content (AvgIpc) is 2.08. The summed E-state index contributed by atoms with van der Waals surface area (Å²) in [5.74, 6) is 0. The van der Waals surface area contributed by atoms with Crippen LogP contribution < -0.4 is 30.6 Å². The maximum Gasteiger partial charge on any atom is 6.00 e. The van der Waals surface area contributed by atoms with Gasteiger partial charge in [0.2, 0.25) is 36.9 Å². The summed E-state index contributed by atoms with van der Waals surface area (Å²) in [6.07, 6.45) is -12.5. The quantitative estimate of drug-likeness (QED) is 0.150. The standard InChI is InChI=1S/6CH2O3.U/c6*2-1(3)4;/h6*(H2,2,3,4);/q;;;;;;+6/p-6. The van der Waals surface area contributed by atoms with Gasteiger partial charge in [0.1, 0.15) is 0 Å². The third kappa shape index (κ3) is 651. The Morgan fingerprint density at radius 3 is 0.360 bits per heavy atom. The number of carbonyl (C=O) groups is 6. The Labute approximate surface area is 158 Å². The summed E-state index contributed by atoms with van der Waals surface area (Å²) >= 11 is 0. The molecule has 25 heavy (non-hydrogen) atoms. The zero-order chi connectivity index (χ0) is 21.5. The van der Waals surface area contributed by atoms with Crippen molar-refractivity contribution in [3.8, 4) is 0 Å². The van der Waals surface area contributed by atoms with Crippen molar-refractivity contribution in [2.75, 3.05) is 0 Å². The predicted octanol–water partition coefficient (Wildman–Crippen LogP) is -6.67. The fourth-order valence-corrected chi connectivity index (χ4v) is 0. The van der Waals surface area contributed by atoms with Crippen molar-refractivity contribution < 1.29 is 121 Å². The van der Waals surface area contributed by atoms with Gasteiger partial charge in [0.25, 0.3) is 0 Å². The molecule has 0 atom stereocenters. The fraction of sp³-hybridized carbons (Fsp3) is 0. The van der Waals surface area contributed by atoms with Crippen LogP contribution in [0.2, 0.25) is 0 Å². The first-order valence-corrected chi connectivity index (χ1v) is 3.79. The second-order valence-electron chi connectivity index (χ2n) is 1.60. The van der Waals surface area contributed by atoms with Crippen LogP contribution in [0.3, 0.4) is 0 Å². The van der Waals surface area contributed by atoms with Gasteiger partial charge in [-0.3, -0.25) is 0 Å². The van der Waals surface area contributed by atoms with Crippen LogP contribution in [0.15, 0.2) is 0 Å². The first-order valence-electron chi connectivity index (χ1n) is 3.79. The van der Waals surface area contributed by atoms with Crippen LogP contribution in [0.4, 0.5) is 28.8 Å². The van der Waals surface area contributed by atoms with Gasteiger partial charge in [0.05, 0.1) is 0 Å². The SMILES string of the molecule is O=C([O-])O.O=C([O-])O.O=C([O-])O.O=C([O-])O.O=C([O-])O.O=C([O-])O.[U+6]. The van der Waals surface area contributed by atoms with E-state index < -0.39 is 36.9 Å². The van der Waals surface area contributed by atoms with Crippen molar-refractivity contribution in [2.24, 2.45) is 0 Å². The molecule has 0 saturated carbocycles. The van der Waals surface area contributed by atoms with Crippen molar-refractivity contribution >= 4 is 36.9 Å². The van der Waals surface area contributed by atoms with Gasteiger partial charge < -0.3 is 90.0 Å². The second-order valence-corrected chi connectivity index (χ2v) is 1.60. The molecular weight excluding hydrogens is 598 g/mol. The Bertz CT molecular complexity index is 257. The molecule has 142 valence electrons. The molecule has 0 bridgehead atoms. The number of carboxylic acid groups (broad SMARTS) is 12. The Morgan fingerprint density at radius 1 is 0.360 bits per heavy atom. The topological polar surface area (TPSA) is 362 Å². The smallest absolute Gasteiger partial charge is 0.565 e. The van der Waals surface area contributed by atoms with Crippen LogP contribution in [0.1, 0.15) is 0 Å². The summed E-state index contributed by atoms with van der Waals surface area (Å²) in [6.45, 7) is 0. The molecule has 0 aliphatic carbocycles. The van der Waals surface area contributed by atoms with Gasteiger partial charge in [-0.2, -0.15) is 0 Å². The van der Waals surface area contributed by atoms with Gasteiger partial charge in [-0.25, -0.2) is 0 Å². The van der Waals surface area contributed by atoms with Gasteiger partial charge in [-0.05, 0) is 0 Å². The number of hydrogen-bond donors (Lipinski definition) is 6. The molecule has 18 nitrogen and oxygen atoms in total. The summed E-state index contributed by atoms with van der Waals surface area (Å²) in [7, 11) is 0. The van der Waals surface area contributed by atoms with Gasteiger partial charge in [0.15, 0.2) is 0 Å². The Balaban J connectivity index is -0.0000000309. The van der Waals surface area contributed by atoms with E-state index in [-0.39, 0.29) is 31.1 Å². The first kappa shape index (κ1) is 43.0. The monoisotopic (exact) mass is 604 g/mol. The first-order chi connectivity index (χ1) is 10.4. The second kappa shape index (κ2) is 37.2. The van der Waals surface area contributed by atoms with Crippen molar-refractivity contribution in [1.29, 1.82) is 0 Å². The van der Waals surface area contributed by atoms with Crippen LogP contribution in [-0.2, 0) is 0 Å². The molecule has 0 radical (unpaired) electrons. The van der Waals surface area contributed by atoms with Crippen molar-refractivity contribution in [1.82, 2.24) is 0 Å². The van der Waals surface area contributed by atoms with Crippen LogP contribution in [0, 0.1) is 31.1 Å². The molecule has 0 aliphatic heterocycles. The normalized spacial score (nSPS) is 5.76. The van der Waals surface area contributed by atoms with E-state index >= 15 is 0 Å². The fourth-order valence-electron chi connectivity index (χ4n) is 0. The van der Waals surface area contributed by atoms with Crippen LogP contribution in [-0.4, -0.2) is 67.6 Å². The summed E-state index contributed by atoms with van der Waals surface area (Å²) in [5, 5.41) is 91.8. The van der Waals surface area contributed by atoms with E-state index in [1.54, 1.807) is 0 Å². The molecule has 0 heterocycles. The van der Waals surface area contributed by atoms with E-state index in [9.17, 15) is 0 Å². The van der Waals surface area contributed by atoms with Gasteiger partial charge >= 0.3 is 31.1 Å². The maximum atomic E-state index is 8.44. The molecule has 0 fully saturated rings. The van der Waals surface area contributed by atoms with Crippen molar-refractivity contribution in [2.45, 2.75) is 0 Å². The van der Waals surface area contributed by atoms with Gasteiger partial charge in [-0.15, -0.1) is 0 Å². The molecule has 0 saturated heterocycles. The molecule has 0 aromatic carbocycles. The molecule has 0 rings (SSSR count). The average molecular weight is 604 g/mol. The molecule has 0 aliphatic rings. The minimum absolute atomic E-state index is 0. The van der Waals surface area contributed by atoms with Gasteiger partial charge in [-0.1, -0.05) is 0 Å². The summed E-state index contributed by atoms with van der Waals surface area (Å²) < 4.78 is 0. The zero-order valence-electron chi connectivity index (χ0n) is 11.1. The molecule has 0 aromatic heterocycles. The summed E-state index contributed by atoms with van der Waals surface area (Å²) in [6, 6.07) is 0. The minimum atomic E-state index is -2.08. The largest absolute Gasteiger partial charge is 6.00 e. The van der Waals surface area contributed by atoms with Crippen molar-refractivity contribution in [3.05, 3.63) is 0 Å². The van der Waals surface area contributed by atoms with Crippen LogP contribution >= 0.6 is 0 Å². The van der Waals surface area contributed by atoms with Crippen molar-refractivity contribution in [3.63, 3.8) is 0 Å². The number of rotatable bonds is 0. The molecule has 0 amide bonds. The molecule has 6 N–H and O–H groups in total. The predicted molar refractivity (Wildman–Crippen MR) is 48.1 cm³/mol. The van der Waals surface area contributed by atoms with E-state index in [1.807, 2.05) is 0 Å². The third-order valence-corrected chi connectivity index (χ3v) is 0. The third-order valence-electron chi connectivity index (χ3n) is 0. The van der Waals surface area contributed by atoms with Crippen LogP contribution in [0.25, 0.3) is 0 Å². The molecule has 0 unspecified atom stereocenters. The summed E-state index contributed by atoms with van der Waals surface area (Å²) in [5.41, 5.74) is 0. The Morgan fingerprint density at radius 2 is 0.360 bits per heavy atom. The Kier molecular flexibility index (Phi) is 64.0. The molecular formula is C6H6O18U. The van der Waals surface area contributed by atoms with E-state index in [4.69, 9.17) is 90.0 Å². The summed E-state index contributed by atoms with van der Waals surface area (Å²) in [4.78, 5) is 50.7. The minimum Gasteiger partial charge on any atom is -0.565 e. The van der Waals surface area contributed by atoms with Crippen LogP contribution in [0.5, 0.6) is 0 Å². The van der Waals surface area contributed by atoms with E-state index in [1.165, 1.54) is 0 Å². The molecule has 0 aromatic rings. The van der Waals surface area contributed by atoms with Gasteiger partial charge in [0, 0.05) is 0 Å². The Hall–Kier alpha value is -3.33. The van der Waals surface area contributed by atoms with E-state index in [0.717, 1.165) is 0 Å². The molecule has 0 spiro atoms. The van der Waals surface area contributed by atoms with E-state index in [0.29, 0.717) is 0 Å². The zero-order valence-corrected chi connectivity index (χ0v) is 15.2. The number of hydrogen-bond acceptors (Lipinski definition) is 12.